The summed E-state index contributed by atoms with van der Waals surface area (Å²) in [7, 11) is 2.94. The number of pyridine rings is 3. The minimum Gasteiger partial charge on any atom is -0.497 e. The highest BCUT2D eigenvalue weighted by Gasteiger charge is 2.31. The Morgan fingerprint density at radius 1 is 1.11 bits per heavy atom. The first-order valence-corrected chi connectivity index (χ1v) is 11.1. The normalized spacial score (nSPS) is 12.7. The highest BCUT2D eigenvalue weighted by molar-refractivity contribution is 5.89. The second-order valence-corrected chi connectivity index (χ2v) is 8.16. The lowest BCUT2D eigenvalue weighted by Gasteiger charge is -2.22. The summed E-state index contributed by atoms with van der Waals surface area (Å²) in [5.41, 5.74) is 1.03. The lowest BCUT2D eigenvalue weighted by atomic mass is 9.90. The van der Waals surface area contributed by atoms with Crippen LogP contribution < -0.4 is 20.3 Å². The third-order valence-corrected chi connectivity index (χ3v) is 5.83. The summed E-state index contributed by atoms with van der Waals surface area (Å²) < 4.78 is 38.4. The molecule has 186 valence electrons. The zero-order valence-corrected chi connectivity index (χ0v) is 19.8. The monoisotopic (exact) mass is 494 g/mol. The molecule has 0 spiro atoms. The first-order chi connectivity index (χ1) is 17.3. The molecule has 0 radical (unpaired) electrons. The Labute approximate surface area is 205 Å². The molecule has 0 saturated carbocycles. The van der Waals surface area contributed by atoms with Crippen molar-refractivity contribution in [2.45, 2.75) is 25.3 Å². The van der Waals surface area contributed by atoms with Gasteiger partial charge in [-0.15, -0.1) is 0 Å². The minimum atomic E-state index is -1.03. The maximum Gasteiger partial charge on any atom is 0.256 e. The number of benzene rings is 1. The molecule has 0 unspecified atom stereocenters. The SMILES string of the molecule is COc1ccc(C[C@@H](C(=O)N[C@H](C)c2ncc(F)cc2F)c2c(OC)c3ncccc3[nH]c2=O)cc1. The van der Waals surface area contributed by atoms with Gasteiger partial charge in [0.2, 0.25) is 5.91 Å². The number of halogens is 2. The third-order valence-electron chi connectivity index (χ3n) is 5.83. The van der Waals surface area contributed by atoms with Crippen molar-refractivity contribution in [2.75, 3.05) is 14.2 Å². The van der Waals surface area contributed by atoms with Crippen molar-refractivity contribution < 1.29 is 23.0 Å². The van der Waals surface area contributed by atoms with Gasteiger partial charge in [-0.05, 0) is 43.2 Å². The Bertz CT molecular complexity index is 1460. The number of nitrogens with zero attached hydrogens (tertiary/aromatic N) is 2. The van der Waals surface area contributed by atoms with Crippen LogP contribution in [0.3, 0.4) is 0 Å². The van der Waals surface area contributed by atoms with Crippen LogP contribution >= 0.6 is 0 Å². The second-order valence-electron chi connectivity index (χ2n) is 8.16. The van der Waals surface area contributed by atoms with Crippen molar-refractivity contribution in [3.05, 3.63) is 93.7 Å². The van der Waals surface area contributed by atoms with Gasteiger partial charge in [-0.2, -0.15) is 0 Å². The topological polar surface area (TPSA) is 106 Å². The molecular formula is C26H24F2N4O4. The molecule has 3 heterocycles. The van der Waals surface area contributed by atoms with E-state index in [4.69, 9.17) is 9.47 Å². The van der Waals surface area contributed by atoms with Gasteiger partial charge in [-0.25, -0.2) is 8.78 Å². The van der Waals surface area contributed by atoms with Gasteiger partial charge in [0.15, 0.2) is 5.75 Å². The van der Waals surface area contributed by atoms with Gasteiger partial charge in [0, 0.05) is 12.3 Å². The summed E-state index contributed by atoms with van der Waals surface area (Å²) in [5.74, 6) is -2.51. The largest absolute Gasteiger partial charge is 0.497 e. The number of rotatable bonds is 8. The van der Waals surface area contributed by atoms with Crippen molar-refractivity contribution in [3.63, 3.8) is 0 Å². The molecule has 2 N–H and O–H groups in total. The number of aromatic amines is 1. The van der Waals surface area contributed by atoms with E-state index >= 15 is 0 Å². The zero-order chi connectivity index (χ0) is 25.8. The van der Waals surface area contributed by atoms with Crippen molar-refractivity contribution in [1.29, 1.82) is 0 Å². The number of nitrogens with one attached hydrogen (secondary N) is 2. The number of H-pyrrole nitrogens is 1. The Balaban J connectivity index is 1.78. The molecular weight excluding hydrogens is 470 g/mol. The molecule has 10 heteroatoms. The average molecular weight is 494 g/mol. The van der Waals surface area contributed by atoms with Gasteiger partial charge in [-0.1, -0.05) is 12.1 Å². The Hall–Kier alpha value is -4.34. The maximum absolute atomic E-state index is 14.3. The van der Waals surface area contributed by atoms with E-state index in [1.54, 1.807) is 49.7 Å². The van der Waals surface area contributed by atoms with Crippen LogP contribution in [0.5, 0.6) is 11.5 Å². The van der Waals surface area contributed by atoms with Crippen LogP contribution in [-0.2, 0) is 11.2 Å². The van der Waals surface area contributed by atoms with Crippen molar-refractivity contribution in [3.8, 4) is 11.5 Å². The summed E-state index contributed by atoms with van der Waals surface area (Å²) in [6.07, 6.45) is 2.55. The zero-order valence-electron chi connectivity index (χ0n) is 19.8. The number of ether oxygens (including phenoxy) is 2. The molecule has 2 atom stereocenters. The maximum atomic E-state index is 14.3. The van der Waals surface area contributed by atoms with Gasteiger partial charge < -0.3 is 19.8 Å². The van der Waals surface area contributed by atoms with Crippen LogP contribution in [-0.4, -0.2) is 35.1 Å². The summed E-state index contributed by atoms with van der Waals surface area (Å²) in [4.78, 5) is 37.7. The first-order valence-electron chi connectivity index (χ1n) is 11.1. The predicted octanol–water partition coefficient (Wildman–Crippen LogP) is 3.82. The fraction of sp³-hybridized carbons (Fsp3) is 0.231. The van der Waals surface area contributed by atoms with E-state index in [2.05, 4.69) is 20.3 Å². The Kier molecular flexibility index (Phi) is 7.23. The summed E-state index contributed by atoms with van der Waals surface area (Å²) in [5, 5.41) is 2.71. The second kappa shape index (κ2) is 10.5. The van der Waals surface area contributed by atoms with Gasteiger partial charge in [0.25, 0.3) is 5.56 Å². The van der Waals surface area contributed by atoms with Crippen molar-refractivity contribution in [1.82, 2.24) is 20.3 Å². The molecule has 0 aliphatic rings. The van der Waals surface area contributed by atoms with Crippen LogP contribution in [0.25, 0.3) is 11.0 Å². The Morgan fingerprint density at radius 2 is 1.86 bits per heavy atom. The number of aromatic nitrogens is 3. The lowest BCUT2D eigenvalue weighted by Crippen LogP contribution is -2.36. The predicted molar refractivity (Wildman–Crippen MR) is 129 cm³/mol. The number of carbonyl (C=O) groups is 1. The summed E-state index contributed by atoms with van der Waals surface area (Å²) in [6, 6.07) is 10.2. The number of amides is 1. The number of methoxy groups -OCH3 is 2. The van der Waals surface area contributed by atoms with E-state index in [0.29, 0.717) is 22.8 Å². The number of fused-ring (bicyclic) bond motifs is 1. The molecule has 4 rings (SSSR count). The van der Waals surface area contributed by atoms with E-state index in [1.165, 1.54) is 14.0 Å². The number of carbonyl (C=O) groups excluding carboxylic acids is 1. The van der Waals surface area contributed by atoms with Crippen molar-refractivity contribution >= 4 is 16.9 Å². The van der Waals surface area contributed by atoms with Crippen LogP contribution in [0.4, 0.5) is 8.78 Å². The van der Waals surface area contributed by atoms with Crippen molar-refractivity contribution in [2.24, 2.45) is 0 Å². The molecule has 0 bridgehead atoms. The van der Waals surface area contributed by atoms with Crippen LogP contribution in [0.1, 0.15) is 35.7 Å². The standard InChI is InChI=1S/C26H24F2N4O4/c1-14(22-19(28)12-16(27)13-30-22)31-25(33)18(11-15-6-8-17(35-2)9-7-15)21-24(36-3)23-20(32-26(21)34)5-4-10-29-23/h4-10,12-14,18H,11H2,1-3H3,(H,31,33)(H,32,34)/t14-,18-/m1/s1. The van der Waals surface area contributed by atoms with Gasteiger partial charge >= 0.3 is 0 Å². The molecule has 0 fully saturated rings. The van der Waals surface area contributed by atoms with E-state index < -0.39 is 35.1 Å². The quantitative estimate of drug-likeness (QED) is 0.386. The summed E-state index contributed by atoms with van der Waals surface area (Å²) in [6.45, 7) is 1.52. The van der Waals surface area contributed by atoms with Gasteiger partial charge in [-0.3, -0.25) is 19.6 Å². The molecule has 8 nitrogen and oxygen atoms in total. The molecule has 4 aromatic rings. The molecule has 0 aliphatic carbocycles. The fourth-order valence-electron chi connectivity index (χ4n) is 4.08. The highest BCUT2D eigenvalue weighted by Crippen LogP contribution is 2.32. The minimum absolute atomic E-state index is 0.0803. The number of hydrogen-bond donors (Lipinski definition) is 2. The molecule has 1 aromatic carbocycles. The first kappa shape index (κ1) is 24.8. The van der Waals surface area contributed by atoms with E-state index in [0.717, 1.165) is 11.8 Å². The molecule has 3 aromatic heterocycles. The summed E-state index contributed by atoms with van der Waals surface area (Å²) >= 11 is 0. The molecule has 0 saturated heterocycles. The van der Waals surface area contributed by atoms with Gasteiger partial charge in [0.1, 0.15) is 22.9 Å². The van der Waals surface area contributed by atoms with E-state index in [1.807, 2.05) is 0 Å². The van der Waals surface area contributed by atoms with Crippen LogP contribution in [0.15, 0.2) is 59.7 Å². The van der Waals surface area contributed by atoms with Crippen LogP contribution in [0.2, 0.25) is 0 Å². The Morgan fingerprint density at radius 3 is 2.53 bits per heavy atom. The molecule has 0 aliphatic heterocycles. The van der Waals surface area contributed by atoms with Gasteiger partial charge in [0.05, 0.1) is 49.2 Å². The van der Waals surface area contributed by atoms with E-state index in [-0.39, 0.29) is 23.4 Å². The number of hydrogen-bond acceptors (Lipinski definition) is 6. The van der Waals surface area contributed by atoms with Crippen LogP contribution in [0, 0.1) is 11.6 Å². The lowest BCUT2D eigenvalue weighted by molar-refractivity contribution is -0.123. The smallest absolute Gasteiger partial charge is 0.256 e. The molecule has 1 amide bonds. The average Bonchev–Trinajstić information content (AvgIpc) is 2.86. The molecule has 36 heavy (non-hydrogen) atoms. The highest BCUT2D eigenvalue weighted by atomic mass is 19.1. The third kappa shape index (κ3) is 5.02. The van der Waals surface area contributed by atoms with E-state index in [9.17, 15) is 18.4 Å². The fourth-order valence-corrected chi connectivity index (χ4v) is 4.08.